The largest absolute Gasteiger partial charge is 0.495 e. The summed E-state index contributed by atoms with van der Waals surface area (Å²) >= 11 is 0. The number of ether oxygens (including phenoxy) is 1. The molecule has 26 heavy (non-hydrogen) atoms. The summed E-state index contributed by atoms with van der Waals surface area (Å²) in [6.07, 6.45) is 4.25. The Balaban J connectivity index is 1.59. The van der Waals surface area contributed by atoms with Gasteiger partial charge in [0, 0.05) is 32.6 Å². The molecule has 1 N–H and O–H groups in total. The van der Waals surface area contributed by atoms with Crippen molar-refractivity contribution < 1.29 is 19.4 Å². The third-order valence-electron chi connectivity index (χ3n) is 5.77. The van der Waals surface area contributed by atoms with E-state index in [9.17, 15) is 14.7 Å². The van der Waals surface area contributed by atoms with Crippen LogP contribution in [0.1, 0.15) is 38.5 Å². The topological polar surface area (TPSA) is 70.1 Å². The van der Waals surface area contributed by atoms with E-state index < -0.39 is 5.97 Å². The number of anilines is 1. The van der Waals surface area contributed by atoms with Crippen LogP contribution in [0.5, 0.6) is 5.75 Å². The molecule has 1 aliphatic heterocycles. The number of carboxylic acids is 1. The number of hydrogen-bond acceptors (Lipinski definition) is 4. The zero-order chi connectivity index (χ0) is 18.6. The number of carbonyl (C=O) groups excluding carboxylic acids is 1. The van der Waals surface area contributed by atoms with Gasteiger partial charge in [0.15, 0.2) is 0 Å². The Morgan fingerprint density at radius 1 is 1.08 bits per heavy atom. The lowest BCUT2D eigenvalue weighted by Gasteiger charge is -2.38. The van der Waals surface area contributed by atoms with Gasteiger partial charge in [0.2, 0.25) is 5.91 Å². The molecule has 1 saturated heterocycles. The number of para-hydroxylation sites is 2. The summed E-state index contributed by atoms with van der Waals surface area (Å²) in [5, 5.41) is 9.23. The van der Waals surface area contributed by atoms with Gasteiger partial charge >= 0.3 is 5.97 Å². The van der Waals surface area contributed by atoms with Crippen molar-refractivity contribution in [3.05, 3.63) is 24.3 Å². The molecule has 1 aromatic rings. The molecular weight excluding hydrogens is 332 g/mol. The predicted octanol–water partition coefficient (Wildman–Crippen LogP) is 2.77. The number of methoxy groups -OCH3 is 1. The zero-order valence-electron chi connectivity index (χ0n) is 15.4. The van der Waals surface area contributed by atoms with Crippen molar-refractivity contribution in [3.63, 3.8) is 0 Å². The fourth-order valence-electron chi connectivity index (χ4n) is 4.38. The van der Waals surface area contributed by atoms with E-state index in [0.29, 0.717) is 19.5 Å². The van der Waals surface area contributed by atoms with E-state index in [1.54, 1.807) is 7.11 Å². The Hall–Kier alpha value is -2.24. The van der Waals surface area contributed by atoms with Crippen LogP contribution in [-0.2, 0) is 9.59 Å². The van der Waals surface area contributed by atoms with Gasteiger partial charge in [0.05, 0.1) is 19.2 Å². The number of carbonyl (C=O) groups is 2. The molecule has 0 aromatic heterocycles. The van der Waals surface area contributed by atoms with Crippen LogP contribution in [0.25, 0.3) is 0 Å². The fourth-order valence-corrected chi connectivity index (χ4v) is 4.38. The lowest BCUT2D eigenvalue weighted by Crippen LogP contribution is -2.49. The summed E-state index contributed by atoms with van der Waals surface area (Å²) in [6, 6.07) is 7.93. The molecule has 1 aliphatic carbocycles. The third-order valence-corrected chi connectivity index (χ3v) is 5.77. The molecule has 1 saturated carbocycles. The first-order valence-corrected chi connectivity index (χ1v) is 9.41. The highest BCUT2D eigenvalue weighted by Gasteiger charge is 2.39. The molecule has 1 aromatic carbocycles. The highest BCUT2D eigenvalue weighted by atomic mass is 16.5. The van der Waals surface area contributed by atoms with Crippen LogP contribution in [0.3, 0.4) is 0 Å². The van der Waals surface area contributed by atoms with Crippen LogP contribution in [0, 0.1) is 5.41 Å². The molecule has 0 unspecified atom stereocenters. The van der Waals surface area contributed by atoms with Crippen molar-refractivity contribution in [1.82, 2.24) is 4.90 Å². The zero-order valence-corrected chi connectivity index (χ0v) is 15.4. The van der Waals surface area contributed by atoms with Crippen molar-refractivity contribution in [1.29, 1.82) is 0 Å². The summed E-state index contributed by atoms with van der Waals surface area (Å²) in [7, 11) is 1.67. The molecule has 1 heterocycles. The Labute approximate surface area is 154 Å². The summed E-state index contributed by atoms with van der Waals surface area (Å²) in [5.41, 5.74) is 0.725. The number of carboxylic acid groups (broad SMARTS) is 1. The van der Waals surface area contributed by atoms with E-state index in [2.05, 4.69) is 4.90 Å². The molecule has 142 valence electrons. The second-order valence-electron chi connectivity index (χ2n) is 7.49. The van der Waals surface area contributed by atoms with Crippen molar-refractivity contribution in [2.75, 3.05) is 38.2 Å². The second kappa shape index (κ2) is 7.98. The summed E-state index contributed by atoms with van der Waals surface area (Å²) in [4.78, 5) is 28.2. The highest BCUT2D eigenvalue weighted by molar-refractivity contribution is 5.78. The van der Waals surface area contributed by atoms with Crippen LogP contribution in [0.15, 0.2) is 24.3 Å². The molecule has 1 amide bonds. The fraction of sp³-hybridized carbons (Fsp3) is 0.600. The van der Waals surface area contributed by atoms with Crippen LogP contribution < -0.4 is 9.64 Å². The lowest BCUT2D eigenvalue weighted by molar-refractivity contribution is -0.141. The van der Waals surface area contributed by atoms with Crippen LogP contribution in [-0.4, -0.2) is 55.2 Å². The van der Waals surface area contributed by atoms with Gasteiger partial charge in [0.25, 0.3) is 0 Å². The SMILES string of the molecule is COc1ccccc1N1CCN(C(=O)CC2(CC(=O)O)CCCC2)CC1. The average Bonchev–Trinajstić information content (AvgIpc) is 3.09. The van der Waals surface area contributed by atoms with E-state index in [4.69, 9.17) is 4.74 Å². The van der Waals surface area contributed by atoms with Gasteiger partial charge in [-0.25, -0.2) is 0 Å². The first kappa shape index (κ1) is 18.5. The quantitative estimate of drug-likeness (QED) is 0.845. The number of benzene rings is 1. The molecule has 6 heteroatoms. The molecule has 0 radical (unpaired) electrons. The molecule has 2 fully saturated rings. The molecule has 6 nitrogen and oxygen atoms in total. The van der Waals surface area contributed by atoms with Crippen molar-refractivity contribution in [2.24, 2.45) is 5.41 Å². The minimum Gasteiger partial charge on any atom is -0.495 e. The standard InChI is InChI=1S/C20H28N2O4/c1-26-17-7-3-2-6-16(17)21-10-12-22(13-11-21)18(23)14-20(15-19(24)25)8-4-5-9-20/h2-3,6-7H,4-5,8-15H2,1H3,(H,24,25). The monoisotopic (exact) mass is 360 g/mol. The second-order valence-corrected chi connectivity index (χ2v) is 7.49. The molecule has 0 atom stereocenters. The maximum atomic E-state index is 12.8. The molecule has 2 aliphatic rings. The van der Waals surface area contributed by atoms with Gasteiger partial charge in [-0.05, 0) is 30.4 Å². The van der Waals surface area contributed by atoms with Crippen LogP contribution >= 0.6 is 0 Å². The minimum atomic E-state index is -0.791. The number of hydrogen-bond donors (Lipinski definition) is 1. The van der Waals surface area contributed by atoms with E-state index in [1.165, 1.54) is 0 Å². The van der Waals surface area contributed by atoms with Crippen LogP contribution in [0.4, 0.5) is 5.69 Å². The highest BCUT2D eigenvalue weighted by Crippen LogP contribution is 2.44. The van der Waals surface area contributed by atoms with Gasteiger partial charge in [-0.3, -0.25) is 9.59 Å². The molecular formula is C20H28N2O4. The smallest absolute Gasteiger partial charge is 0.303 e. The van der Waals surface area contributed by atoms with E-state index in [-0.39, 0.29) is 17.7 Å². The van der Waals surface area contributed by atoms with Crippen molar-refractivity contribution >= 4 is 17.6 Å². The molecule has 3 rings (SSSR count). The van der Waals surface area contributed by atoms with E-state index in [1.807, 2.05) is 29.2 Å². The normalized spacial score (nSPS) is 19.4. The average molecular weight is 360 g/mol. The van der Waals surface area contributed by atoms with Gasteiger partial charge in [-0.2, -0.15) is 0 Å². The Morgan fingerprint density at radius 2 is 1.73 bits per heavy atom. The predicted molar refractivity (Wildman–Crippen MR) is 99.6 cm³/mol. The van der Waals surface area contributed by atoms with Crippen molar-refractivity contribution in [3.8, 4) is 5.75 Å². The number of aliphatic carboxylic acids is 1. The lowest BCUT2D eigenvalue weighted by atomic mass is 9.79. The Morgan fingerprint density at radius 3 is 2.35 bits per heavy atom. The molecule has 0 bridgehead atoms. The number of piperazine rings is 1. The van der Waals surface area contributed by atoms with Gasteiger partial charge < -0.3 is 19.6 Å². The molecule has 0 spiro atoms. The summed E-state index contributed by atoms with van der Waals surface area (Å²) < 4.78 is 5.43. The summed E-state index contributed by atoms with van der Waals surface area (Å²) in [5.74, 6) is 0.159. The maximum absolute atomic E-state index is 12.8. The summed E-state index contributed by atoms with van der Waals surface area (Å²) in [6.45, 7) is 2.86. The van der Waals surface area contributed by atoms with E-state index >= 15 is 0 Å². The minimum absolute atomic E-state index is 0.104. The number of nitrogens with zero attached hydrogens (tertiary/aromatic N) is 2. The number of rotatable bonds is 6. The van der Waals surface area contributed by atoms with Gasteiger partial charge in [-0.15, -0.1) is 0 Å². The Kier molecular flexibility index (Phi) is 5.69. The maximum Gasteiger partial charge on any atom is 0.303 e. The third kappa shape index (κ3) is 4.11. The van der Waals surface area contributed by atoms with Gasteiger partial charge in [0.1, 0.15) is 5.75 Å². The van der Waals surface area contributed by atoms with Gasteiger partial charge in [-0.1, -0.05) is 25.0 Å². The first-order valence-electron chi connectivity index (χ1n) is 9.41. The van der Waals surface area contributed by atoms with E-state index in [0.717, 1.165) is 50.2 Å². The number of amides is 1. The first-order chi connectivity index (χ1) is 12.5. The van der Waals surface area contributed by atoms with Crippen molar-refractivity contribution in [2.45, 2.75) is 38.5 Å². The Bertz CT molecular complexity index is 647. The van der Waals surface area contributed by atoms with Crippen LogP contribution in [0.2, 0.25) is 0 Å².